The third-order valence-corrected chi connectivity index (χ3v) is 6.04. The highest BCUT2D eigenvalue weighted by Gasteiger charge is 2.40. The highest BCUT2D eigenvalue weighted by atomic mass is 16.2. The van der Waals surface area contributed by atoms with Gasteiger partial charge in [-0.05, 0) is 37.2 Å². The number of fused-ring (bicyclic) bond motifs is 1. The lowest BCUT2D eigenvalue weighted by Gasteiger charge is -2.47. The molecule has 0 bridgehead atoms. The molecule has 1 aromatic carbocycles. The third-order valence-electron chi connectivity index (χ3n) is 6.04. The summed E-state index contributed by atoms with van der Waals surface area (Å²) >= 11 is 0. The minimum Gasteiger partial charge on any atom is -0.360 e. The van der Waals surface area contributed by atoms with E-state index in [1.165, 1.54) is 6.42 Å². The maximum absolute atomic E-state index is 13.0. The van der Waals surface area contributed by atoms with Gasteiger partial charge < -0.3 is 14.8 Å². The highest BCUT2D eigenvalue weighted by Crippen LogP contribution is 2.40. The SMILES string of the molecule is CC(=O)N1CCCC2(CCN(C(=O)c3c[nH]c4ccccc34)CC2)C1. The molecule has 2 aromatic rings. The molecule has 4 rings (SSSR count). The Morgan fingerprint density at radius 1 is 1.04 bits per heavy atom. The Hall–Kier alpha value is -2.30. The van der Waals surface area contributed by atoms with Crippen LogP contribution in [0.4, 0.5) is 0 Å². The van der Waals surface area contributed by atoms with Gasteiger partial charge in [0.25, 0.3) is 5.91 Å². The van der Waals surface area contributed by atoms with Crippen molar-refractivity contribution in [3.63, 3.8) is 0 Å². The number of hydrogen-bond acceptors (Lipinski definition) is 2. The van der Waals surface area contributed by atoms with Crippen molar-refractivity contribution >= 4 is 22.7 Å². The first-order valence-electron chi connectivity index (χ1n) is 9.19. The predicted octanol–water partition coefficient (Wildman–Crippen LogP) is 3.03. The number of amides is 2. The van der Waals surface area contributed by atoms with Crippen LogP contribution in [0.5, 0.6) is 0 Å². The van der Waals surface area contributed by atoms with E-state index in [1.807, 2.05) is 40.3 Å². The first-order valence-corrected chi connectivity index (χ1v) is 9.19. The minimum absolute atomic E-state index is 0.117. The summed E-state index contributed by atoms with van der Waals surface area (Å²) in [6.07, 6.45) is 6.06. The van der Waals surface area contributed by atoms with Gasteiger partial charge in [0.05, 0.1) is 5.56 Å². The van der Waals surface area contributed by atoms with Crippen LogP contribution in [0.15, 0.2) is 30.5 Å². The summed E-state index contributed by atoms with van der Waals surface area (Å²) in [6, 6.07) is 7.93. The van der Waals surface area contributed by atoms with E-state index in [9.17, 15) is 9.59 Å². The fourth-order valence-corrected chi connectivity index (χ4v) is 4.49. The van der Waals surface area contributed by atoms with Crippen LogP contribution in [0, 0.1) is 5.41 Å². The van der Waals surface area contributed by atoms with Crippen molar-refractivity contribution in [3.05, 3.63) is 36.0 Å². The molecule has 2 fully saturated rings. The minimum atomic E-state index is 0.117. The van der Waals surface area contributed by atoms with Gasteiger partial charge in [0.2, 0.25) is 5.91 Å². The van der Waals surface area contributed by atoms with Crippen molar-refractivity contribution in [2.45, 2.75) is 32.6 Å². The molecule has 2 saturated heterocycles. The fraction of sp³-hybridized carbons (Fsp3) is 0.500. The van der Waals surface area contributed by atoms with E-state index in [4.69, 9.17) is 0 Å². The fourth-order valence-electron chi connectivity index (χ4n) is 4.49. The Labute approximate surface area is 148 Å². The molecule has 5 heteroatoms. The first-order chi connectivity index (χ1) is 12.1. The monoisotopic (exact) mass is 339 g/mol. The van der Waals surface area contributed by atoms with E-state index < -0.39 is 0 Å². The molecule has 2 aliphatic rings. The predicted molar refractivity (Wildman–Crippen MR) is 97.4 cm³/mol. The molecule has 1 spiro atoms. The second-order valence-electron chi connectivity index (χ2n) is 7.58. The summed E-state index contributed by atoms with van der Waals surface area (Å²) in [5.41, 5.74) is 1.98. The highest BCUT2D eigenvalue weighted by molar-refractivity contribution is 6.06. The topological polar surface area (TPSA) is 56.4 Å². The number of hydrogen-bond donors (Lipinski definition) is 1. The molecule has 25 heavy (non-hydrogen) atoms. The molecule has 2 amide bonds. The summed E-state index contributed by atoms with van der Waals surface area (Å²) in [5.74, 6) is 0.294. The largest absolute Gasteiger partial charge is 0.360 e. The number of para-hydroxylation sites is 1. The van der Waals surface area contributed by atoms with Crippen LogP contribution in [-0.2, 0) is 4.79 Å². The zero-order valence-electron chi connectivity index (χ0n) is 14.8. The maximum atomic E-state index is 13.0. The van der Waals surface area contributed by atoms with Crippen molar-refractivity contribution in [1.82, 2.24) is 14.8 Å². The number of carbonyl (C=O) groups is 2. The van der Waals surface area contributed by atoms with Crippen molar-refractivity contribution < 1.29 is 9.59 Å². The van der Waals surface area contributed by atoms with Crippen LogP contribution in [0.2, 0.25) is 0 Å². The Morgan fingerprint density at radius 3 is 2.56 bits per heavy atom. The van der Waals surface area contributed by atoms with Crippen LogP contribution < -0.4 is 0 Å². The molecule has 2 aliphatic heterocycles. The third kappa shape index (κ3) is 2.92. The van der Waals surface area contributed by atoms with Gasteiger partial charge >= 0.3 is 0 Å². The van der Waals surface area contributed by atoms with Crippen LogP contribution in [0.1, 0.15) is 43.0 Å². The molecule has 3 heterocycles. The van der Waals surface area contributed by atoms with E-state index in [2.05, 4.69) is 4.98 Å². The van der Waals surface area contributed by atoms with Gasteiger partial charge in [0.15, 0.2) is 0 Å². The Morgan fingerprint density at radius 2 is 1.80 bits per heavy atom. The van der Waals surface area contributed by atoms with E-state index in [1.54, 1.807) is 6.92 Å². The molecular formula is C20H25N3O2. The molecular weight excluding hydrogens is 314 g/mol. The van der Waals surface area contributed by atoms with Gasteiger partial charge in [-0.3, -0.25) is 9.59 Å². The lowest BCUT2D eigenvalue weighted by molar-refractivity contribution is -0.133. The van der Waals surface area contributed by atoms with Gasteiger partial charge in [-0.15, -0.1) is 0 Å². The average molecular weight is 339 g/mol. The van der Waals surface area contributed by atoms with Crippen LogP contribution in [0.3, 0.4) is 0 Å². The normalized spacial score (nSPS) is 20.2. The van der Waals surface area contributed by atoms with E-state index >= 15 is 0 Å². The second-order valence-corrected chi connectivity index (χ2v) is 7.58. The van der Waals surface area contributed by atoms with Crippen molar-refractivity contribution in [2.24, 2.45) is 5.41 Å². The molecule has 0 unspecified atom stereocenters. The van der Waals surface area contributed by atoms with Crippen molar-refractivity contribution in [1.29, 1.82) is 0 Å². The van der Waals surface area contributed by atoms with Crippen LogP contribution in [0.25, 0.3) is 10.9 Å². The lowest BCUT2D eigenvalue weighted by atomic mass is 9.72. The number of nitrogens with zero attached hydrogens (tertiary/aromatic N) is 2. The first kappa shape index (κ1) is 16.2. The summed E-state index contributed by atoms with van der Waals surface area (Å²) in [7, 11) is 0. The lowest BCUT2D eigenvalue weighted by Crippen LogP contribution is -2.51. The number of aromatic nitrogens is 1. The summed E-state index contributed by atoms with van der Waals surface area (Å²) in [4.78, 5) is 31.9. The number of carbonyl (C=O) groups excluding carboxylic acids is 2. The number of H-pyrrole nitrogens is 1. The smallest absolute Gasteiger partial charge is 0.256 e. The molecule has 0 saturated carbocycles. The van der Waals surface area contributed by atoms with Crippen LogP contribution in [-0.4, -0.2) is 52.8 Å². The van der Waals surface area contributed by atoms with Gasteiger partial charge in [-0.2, -0.15) is 0 Å². The number of piperidine rings is 2. The van der Waals surface area contributed by atoms with E-state index in [0.29, 0.717) is 0 Å². The number of likely N-dealkylation sites (tertiary alicyclic amines) is 2. The quantitative estimate of drug-likeness (QED) is 0.868. The van der Waals surface area contributed by atoms with Gasteiger partial charge in [0.1, 0.15) is 0 Å². The molecule has 1 aromatic heterocycles. The van der Waals surface area contributed by atoms with E-state index in [-0.39, 0.29) is 17.2 Å². The number of benzene rings is 1. The summed E-state index contributed by atoms with van der Waals surface area (Å²) in [6.45, 7) is 4.97. The molecule has 0 aliphatic carbocycles. The number of rotatable bonds is 1. The molecule has 1 N–H and O–H groups in total. The Balaban J connectivity index is 1.46. The standard InChI is InChI=1S/C20H25N3O2/c1-15(24)23-10-4-7-20(14-23)8-11-22(12-9-20)19(25)17-13-21-18-6-3-2-5-16(17)18/h2-3,5-6,13,21H,4,7-12,14H2,1H3. The van der Waals surface area contributed by atoms with E-state index in [0.717, 1.165) is 61.9 Å². The second kappa shape index (κ2) is 6.21. The van der Waals surface area contributed by atoms with Crippen molar-refractivity contribution in [3.8, 4) is 0 Å². The van der Waals surface area contributed by atoms with Crippen molar-refractivity contribution in [2.75, 3.05) is 26.2 Å². The molecule has 0 atom stereocenters. The summed E-state index contributed by atoms with van der Waals surface area (Å²) in [5, 5.41) is 0.994. The van der Waals surface area contributed by atoms with Gasteiger partial charge in [-0.25, -0.2) is 0 Å². The Bertz CT molecular complexity index is 802. The molecule has 132 valence electrons. The number of nitrogens with one attached hydrogen (secondary N) is 1. The zero-order valence-corrected chi connectivity index (χ0v) is 14.8. The summed E-state index contributed by atoms with van der Waals surface area (Å²) < 4.78 is 0. The van der Waals surface area contributed by atoms with Gasteiger partial charge in [-0.1, -0.05) is 18.2 Å². The maximum Gasteiger partial charge on any atom is 0.256 e. The zero-order chi connectivity index (χ0) is 17.4. The molecule has 5 nitrogen and oxygen atoms in total. The number of aromatic amines is 1. The average Bonchev–Trinajstić information content (AvgIpc) is 3.06. The molecule has 0 radical (unpaired) electrons. The van der Waals surface area contributed by atoms with Crippen LogP contribution >= 0.6 is 0 Å². The van der Waals surface area contributed by atoms with Gasteiger partial charge in [0, 0.05) is 50.2 Å². The Kier molecular flexibility index (Phi) is 4.02.